The van der Waals surface area contributed by atoms with Crippen molar-refractivity contribution in [1.29, 1.82) is 0 Å². The maximum atomic E-state index is 11.8. The van der Waals surface area contributed by atoms with E-state index in [9.17, 15) is 4.79 Å². The average Bonchev–Trinajstić information content (AvgIpc) is 2.42. The quantitative estimate of drug-likeness (QED) is 0.838. The number of nitrogens with zero attached hydrogens (tertiary/aromatic N) is 1. The van der Waals surface area contributed by atoms with Gasteiger partial charge in [0.1, 0.15) is 6.61 Å². The van der Waals surface area contributed by atoms with Gasteiger partial charge in [-0.1, -0.05) is 0 Å². The first-order chi connectivity index (χ1) is 9.57. The molecule has 0 saturated carbocycles. The molecule has 1 amide bonds. The van der Waals surface area contributed by atoms with E-state index >= 15 is 0 Å². The molecule has 0 aliphatic carbocycles. The lowest BCUT2D eigenvalue weighted by molar-refractivity contribution is -0.130. The average molecular weight is 284 g/mol. The smallest absolute Gasteiger partial charge is 0.246 e. The van der Waals surface area contributed by atoms with Crippen LogP contribution in [-0.4, -0.2) is 62.9 Å². The summed E-state index contributed by atoms with van der Waals surface area (Å²) in [5.41, 5.74) is 0.215. The van der Waals surface area contributed by atoms with E-state index in [0.717, 1.165) is 39.0 Å². The van der Waals surface area contributed by atoms with E-state index in [2.05, 4.69) is 24.1 Å². The summed E-state index contributed by atoms with van der Waals surface area (Å²) < 4.78 is 10.5. The van der Waals surface area contributed by atoms with Gasteiger partial charge in [-0.25, -0.2) is 0 Å². The van der Waals surface area contributed by atoms with E-state index in [0.29, 0.717) is 12.6 Å². The monoisotopic (exact) mass is 284 g/mol. The molecule has 5 nitrogen and oxygen atoms in total. The predicted molar refractivity (Wildman–Crippen MR) is 77.6 cm³/mol. The highest BCUT2D eigenvalue weighted by Crippen LogP contribution is 2.41. The topological polar surface area (TPSA) is 50.8 Å². The zero-order valence-corrected chi connectivity index (χ0v) is 13.0. The fraction of sp³-hybridized carbons (Fsp3) is 0.933. The van der Waals surface area contributed by atoms with Gasteiger partial charge in [-0.3, -0.25) is 4.79 Å². The summed E-state index contributed by atoms with van der Waals surface area (Å²) in [4.78, 5) is 14.3. The molecule has 2 rings (SSSR count). The summed E-state index contributed by atoms with van der Waals surface area (Å²) in [6.45, 7) is 8.32. The first kappa shape index (κ1) is 15.7. The van der Waals surface area contributed by atoms with Gasteiger partial charge in [0.25, 0.3) is 0 Å². The van der Waals surface area contributed by atoms with Crippen molar-refractivity contribution in [2.24, 2.45) is 5.41 Å². The molecular formula is C15H28N2O3. The SMILES string of the molecule is COCC(=O)N[C@H]1COCCC12CCN(C(C)C)CC2. The molecule has 5 heteroatoms. The van der Waals surface area contributed by atoms with Crippen LogP contribution in [0.15, 0.2) is 0 Å². The largest absolute Gasteiger partial charge is 0.379 e. The number of nitrogens with one attached hydrogen (secondary N) is 1. The number of rotatable bonds is 4. The first-order valence-electron chi connectivity index (χ1n) is 7.67. The molecule has 0 aromatic heterocycles. The molecule has 1 atom stereocenters. The Labute approximate surface area is 122 Å². The maximum absolute atomic E-state index is 11.8. The summed E-state index contributed by atoms with van der Waals surface area (Å²) in [5, 5.41) is 3.12. The third kappa shape index (κ3) is 3.51. The number of hydrogen-bond donors (Lipinski definition) is 1. The minimum absolute atomic E-state index is 0.0336. The van der Waals surface area contributed by atoms with E-state index in [1.807, 2.05) is 0 Å². The zero-order valence-electron chi connectivity index (χ0n) is 13.0. The maximum Gasteiger partial charge on any atom is 0.246 e. The molecule has 2 fully saturated rings. The molecule has 2 saturated heterocycles. The van der Waals surface area contributed by atoms with Gasteiger partial charge in [0.05, 0.1) is 12.6 Å². The van der Waals surface area contributed by atoms with E-state index in [-0.39, 0.29) is 24.0 Å². The van der Waals surface area contributed by atoms with Crippen LogP contribution >= 0.6 is 0 Å². The number of methoxy groups -OCH3 is 1. The van der Waals surface area contributed by atoms with Gasteiger partial charge in [0.15, 0.2) is 0 Å². The van der Waals surface area contributed by atoms with Crippen molar-refractivity contribution < 1.29 is 14.3 Å². The number of likely N-dealkylation sites (tertiary alicyclic amines) is 1. The molecule has 1 N–H and O–H groups in total. The van der Waals surface area contributed by atoms with Crippen molar-refractivity contribution in [2.45, 2.75) is 45.2 Å². The zero-order chi connectivity index (χ0) is 14.6. The molecule has 0 radical (unpaired) electrons. The van der Waals surface area contributed by atoms with Crippen molar-refractivity contribution in [3.05, 3.63) is 0 Å². The van der Waals surface area contributed by atoms with Crippen LogP contribution in [0.5, 0.6) is 0 Å². The Morgan fingerprint density at radius 2 is 2.10 bits per heavy atom. The Hall–Kier alpha value is -0.650. The molecular weight excluding hydrogens is 256 g/mol. The standard InChI is InChI=1S/C15H28N2O3/c1-12(2)17-7-4-15(5-8-17)6-9-20-10-13(15)16-14(18)11-19-3/h12-13H,4-11H2,1-3H3,(H,16,18)/t13-/m0/s1. The van der Waals surface area contributed by atoms with Crippen molar-refractivity contribution in [3.8, 4) is 0 Å². The van der Waals surface area contributed by atoms with Crippen LogP contribution in [0.3, 0.4) is 0 Å². The molecule has 2 aliphatic rings. The Bertz CT molecular complexity index is 325. The molecule has 116 valence electrons. The number of amides is 1. The second kappa shape index (κ2) is 6.87. The second-order valence-electron chi connectivity index (χ2n) is 6.37. The highest BCUT2D eigenvalue weighted by atomic mass is 16.5. The molecule has 0 bridgehead atoms. The fourth-order valence-corrected chi connectivity index (χ4v) is 3.47. The normalized spacial score (nSPS) is 26.9. The van der Waals surface area contributed by atoms with Crippen LogP contribution in [0.1, 0.15) is 33.1 Å². The third-order valence-electron chi connectivity index (χ3n) is 4.90. The molecule has 2 aliphatic heterocycles. The molecule has 0 unspecified atom stereocenters. The third-order valence-corrected chi connectivity index (χ3v) is 4.90. The number of carbonyl (C=O) groups is 1. The van der Waals surface area contributed by atoms with Crippen molar-refractivity contribution in [3.63, 3.8) is 0 Å². The van der Waals surface area contributed by atoms with Crippen LogP contribution in [0.25, 0.3) is 0 Å². The Kier molecular flexibility index (Phi) is 5.41. The molecule has 0 aromatic carbocycles. The minimum atomic E-state index is -0.0336. The van der Waals surface area contributed by atoms with E-state index < -0.39 is 0 Å². The van der Waals surface area contributed by atoms with Crippen LogP contribution in [-0.2, 0) is 14.3 Å². The van der Waals surface area contributed by atoms with Crippen molar-refractivity contribution in [2.75, 3.05) is 40.0 Å². The van der Waals surface area contributed by atoms with Gasteiger partial charge >= 0.3 is 0 Å². The van der Waals surface area contributed by atoms with Gasteiger partial charge in [-0.2, -0.15) is 0 Å². The number of ether oxygens (including phenoxy) is 2. The van der Waals surface area contributed by atoms with Gasteiger partial charge < -0.3 is 19.7 Å². The fourth-order valence-electron chi connectivity index (χ4n) is 3.47. The molecule has 2 heterocycles. The van der Waals surface area contributed by atoms with Gasteiger partial charge in [0.2, 0.25) is 5.91 Å². The van der Waals surface area contributed by atoms with E-state index in [1.165, 1.54) is 0 Å². The highest BCUT2D eigenvalue weighted by Gasteiger charge is 2.44. The van der Waals surface area contributed by atoms with Crippen molar-refractivity contribution >= 4 is 5.91 Å². The van der Waals surface area contributed by atoms with Crippen LogP contribution in [0, 0.1) is 5.41 Å². The molecule has 1 spiro atoms. The van der Waals surface area contributed by atoms with Crippen LogP contribution in [0.2, 0.25) is 0 Å². The summed E-state index contributed by atoms with van der Waals surface area (Å²) in [6.07, 6.45) is 3.34. The lowest BCUT2D eigenvalue weighted by atomic mass is 9.69. The van der Waals surface area contributed by atoms with E-state index in [1.54, 1.807) is 7.11 Å². The second-order valence-corrected chi connectivity index (χ2v) is 6.37. The Morgan fingerprint density at radius 3 is 2.70 bits per heavy atom. The minimum Gasteiger partial charge on any atom is -0.379 e. The summed E-state index contributed by atoms with van der Waals surface area (Å²) in [5.74, 6) is -0.0336. The summed E-state index contributed by atoms with van der Waals surface area (Å²) >= 11 is 0. The number of carbonyl (C=O) groups excluding carboxylic acids is 1. The van der Waals surface area contributed by atoms with Crippen LogP contribution < -0.4 is 5.32 Å². The molecule has 20 heavy (non-hydrogen) atoms. The number of piperidine rings is 1. The Morgan fingerprint density at radius 1 is 1.40 bits per heavy atom. The Balaban J connectivity index is 1.98. The highest BCUT2D eigenvalue weighted by molar-refractivity contribution is 5.77. The number of hydrogen-bond acceptors (Lipinski definition) is 4. The van der Waals surface area contributed by atoms with E-state index in [4.69, 9.17) is 9.47 Å². The lowest BCUT2D eigenvalue weighted by Gasteiger charge is -2.49. The van der Waals surface area contributed by atoms with Gasteiger partial charge in [0, 0.05) is 19.8 Å². The lowest BCUT2D eigenvalue weighted by Crippen LogP contribution is -2.58. The van der Waals surface area contributed by atoms with Gasteiger partial charge in [-0.05, 0) is 51.6 Å². The van der Waals surface area contributed by atoms with Crippen LogP contribution in [0.4, 0.5) is 0 Å². The van der Waals surface area contributed by atoms with Gasteiger partial charge in [-0.15, -0.1) is 0 Å². The summed E-state index contributed by atoms with van der Waals surface area (Å²) in [7, 11) is 1.55. The molecule has 0 aromatic rings. The summed E-state index contributed by atoms with van der Waals surface area (Å²) in [6, 6.07) is 0.738. The first-order valence-corrected chi connectivity index (χ1v) is 7.67. The van der Waals surface area contributed by atoms with Crippen molar-refractivity contribution in [1.82, 2.24) is 10.2 Å². The predicted octanol–water partition coefficient (Wildman–Crippen LogP) is 1.03.